The molecule has 174 valence electrons. The Kier molecular flexibility index (Phi) is 11.3. The van der Waals surface area contributed by atoms with Gasteiger partial charge in [0.2, 0.25) is 0 Å². The van der Waals surface area contributed by atoms with Crippen LogP contribution in [-0.2, 0) is 19.4 Å². The molecular weight excluding hydrogens is 515 g/mol. The monoisotopic (exact) mass is 556 g/mol. The van der Waals surface area contributed by atoms with E-state index < -0.39 is 25.4 Å². The Bertz CT molecular complexity index is 828. The molecule has 0 aromatic rings. The largest absolute Gasteiger partial charge is 0.147 e. The van der Waals surface area contributed by atoms with Gasteiger partial charge in [0.05, 0.1) is 0 Å². The van der Waals surface area contributed by atoms with Crippen LogP contribution in [0.1, 0.15) is 80.1 Å². The van der Waals surface area contributed by atoms with Crippen LogP contribution in [0.25, 0.3) is 0 Å². The van der Waals surface area contributed by atoms with E-state index in [9.17, 15) is 0 Å². The van der Waals surface area contributed by atoms with E-state index in [2.05, 4.69) is 78.9 Å². The van der Waals surface area contributed by atoms with Gasteiger partial charge in [-0.3, -0.25) is 0 Å². The minimum Gasteiger partial charge on any atom is -0.147 e. The first kappa shape index (κ1) is 29.2. The molecule has 1 atom stereocenters. The molecule has 3 aliphatic carbocycles. The molecule has 1 unspecified atom stereocenters. The molecule has 0 radical (unpaired) electrons. The summed E-state index contributed by atoms with van der Waals surface area (Å²) < 4.78 is 5.95. The predicted octanol–water partition coefficient (Wildman–Crippen LogP) is 9.26. The summed E-state index contributed by atoms with van der Waals surface area (Å²) in [6, 6.07) is 0. The molecule has 0 amide bonds. The minimum absolute atomic E-state index is 0. The molecule has 0 heterocycles. The second-order valence-corrected chi connectivity index (χ2v) is 34.0. The summed E-state index contributed by atoms with van der Waals surface area (Å²) >= 11 is -2.93. The Morgan fingerprint density at radius 3 is 1.61 bits per heavy atom. The molecule has 31 heavy (non-hydrogen) atoms. The van der Waals surface area contributed by atoms with Crippen molar-refractivity contribution in [2.45, 2.75) is 93.2 Å². The second-order valence-electron chi connectivity index (χ2n) is 9.75. The summed E-state index contributed by atoms with van der Waals surface area (Å²) in [6.45, 7) is 20.0. The standard InChI is InChI=1S/C9H13.2C8H11.C2H7Si.2ClH.Zr/c1-6-5-7(2)9(4)8(6)3;2*1-2-5-8-6-3-4-7-8;1-3-2;;;/h6H,1-4H3;2*3,6H,2,4-5H2,1H3;3H,1-2H3;2*1H;. The fourth-order valence-electron chi connectivity index (χ4n) is 6.45. The van der Waals surface area contributed by atoms with Gasteiger partial charge in [-0.05, 0) is 0 Å². The predicted molar refractivity (Wildman–Crippen MR) is 145 cm³/mol. The van der Waals surface area contributed by atoms with Crippen LogP contribution in [0.2, 0.25) is 13.1 Å². The summed E-state index contributed by atoms with van der Waals surface area (Å²) in [6.07, 6.45) is 17.7. The fraction of sp³-hybridized carbons (Fsp3) is 0.556. The molecule has 0 aromatic carbocycles. The van der Waals surface area contributed by atoms with Crippen molar-refractivity contribution >= 4 is 30.7 Å². The van der Waals surface area contributed by atoms with Crippen molar-refractivity contribution in [3.63, 3.8) is 0 Å². The molecule has 0 aliphatic heterocycles. The van der Waals surface area contributed by atoms with E-state index in [1.807, 2.05) is 9.84 Å². The molecule has 4 heteroatoms. The zero-order chi connectivity index (χ0) is 21.3. The Labute approximate surface area is 209 Å². The molecule has 0 bridgehead atoms. The van der Waals surface area contributed by atoms with Crippen molar-refractivity contribution in [2.75, 3.05) is 0 Å². The Balaban J connectivity index is 0.00000240. The molecule has 0 nitrogen and oxygen atoms in total. The van der Waals surface area contributed by atoms with Crippen LogP contribution in [0.3, 0.4) is 0 Å². The fourth-order valence-corrected chi connectivity index (χ4v) is 42.0. The maximum absolute atomic E-state index is 2.93. The quantitative estimate of drug-likeness (QED) is 0.260. The van der Waals surface area contributed by atoms with E-state index in [4.69, 9.17) is 0 Å². The first-order chi connectivity index (χ1) is 13.8. The van der Waals surface area contributed by atoms with Crippen LogP contribution >= 0.6 is 24.8 Å². The van der Waals surface area contributed by atoms with Crippen molar-refractivity contribution < 1.29 is 19.4 Å². The van der Waals surface area contributed by atoms with Crippen LogP contribution in [0, 0.1) is 5.92 Å². The third kappa shape index (κ3) is 4.84. The zero-order valence-corrected chi connectivity index (χ0v) is 26.3. The van der Waals surface area contributed by atoms with Crippen molar-refractivity contribution in [2.24, 2.45) is 5.92 Å². The molecule has 0 aromatic heterocycles. The van der Waals surface area contributed by atoms with Gasteiger partial charge in [0.15, 0.2) is 0 Å². The molecule has 0 spiro atoms. The van der Waals surface area contributed by atoms with Gasteiger partial charge in [0.25, 0.3) is 0 Å². The number of hydrogen-bond acceptors (Lipinski definition) is 0. The third-order valence-electron chi connectivity index (χ3n) is 7.98. The van der Waals surface area contributed by atoms with Gasteiger partial charge in [0, 0.05) is 0 Å². The first-order valence-electron chi connectivity index (χ1n) is 12.0. The molecule has 0 saturated carbocycles. The molecule has 3 aliphatic rings. The number of rotatable bonds is 8. The molecule has 3 rings (SSSR count). The average molecular weight is 559 g/mol. The van der Waals surface area contributed by atoms with Crippen LogP contribution in [0.5, 0.6) is 0 Å². The average Bonchev–Trinajstić information content (AvgIpc) is 3.38. The molecular formula is C27H44Cl2SiZr. The Morgan fingerprint density at radius 1 is 0.839 bits per heavy atom. The van der Waals surface area contributed by atoms with Crippen molar-refractivity contribution in [3.05, 3.63) is 62.0 Å². The second kappa shape index (κ2) is 12.0. The zero-order valence-electron chi connectivity index (χ0n) is 21.0. The van der Waals surface area contributed by atoms with Gasteiger partial charge in [-0.15, -0.1) is 24.8 Å². The first-order valence-corrected chi connectivity index (χ1v) is 22.8. The van der Waals surface area contributed by atoms with E-state index in [1.54, 1.807) is 27.9 Å². The van der Waals surface area contributed by atoms with Crippen LogP contribution in [-0.4, -0.2) is 5.92 Å². The van der Waals surface area contributed by atoms with Crippen LogP contribution in [0.4, 0.5) is 0 Å². The van der Waals surface area contributed by atoms with Crippen molar-refractivity contribution in [1.29, 1.82) is 0 Å². The number of allylic oxidation sites excluding steroid dienone is 12. The molecule has 0 N–H and O–H groups in total. The smallest absolute Gasteiger partial charge is 0.147 e. The van der Waals surface area contributed by atoms with Crippen molar-refractivity contribution in [1.82, 2.24) is 0 Å². The maximum atomic E-state index is 2.72. The minimum atomic E-state index is -2.93. The number of halogens is 2. The van der Waals surface area contributed by atoms with Crippen LogP contribution in [0.15, 0.2) is 62.0 Å². The van der Waals surface area contributed by atoms with Gasteiger partial charge < -0.3 is 0 Å². The normalized spacial score (nSPS) is 21.1. The van der Waals surface area contributed by atoms with Gasteiger partial charge >= 0.3 is 186 Å². The van der Waals surface area contributed by atoms with Gasteiger partial charge in [0.1, 0.15) is 0 Å². The summed E-state index contributed by atoms with van der Waals surface area (Å²) in [7, 11) is 0. The van der Waals surface area contributed by atoms with E-state index >= 15 is 0 Å². The van der Waals surface area contributed by atoms with Crippen molar-refractivity contribution in [3.8, 4) is 0 Å². The third-order valence-corrected chi connectivity index (χ3v) is 39.8. The van der Waals surface area contributed by atoms with E-state index in [-0.39, 0.29) is 24.8 Å². The number of hydrogen-bond donors (Lipinski definition) is 0. The maximum Gasteiger partial charge on any atom is -0.147 e. The Morgan fingerprint density at radius 2 is 1.29 bits per heavy atom. The molecule has 0 saturated heterocycles. The van der Waals surface area contributed by atoms with Crippen LogP contribution < -0.4 is 0 Å². The summed E-state index contributed by atoms with van der Waals surface area (Å²) in [5.74, 6) is -0.250. The van der Waals surface area contributed by atoms with Gasteiger partial charge in [-0.2, -0.15) is 0 Å². The summed E-state index contributed by atoms with van der Waals surface area (Å²) in [5, 5.41) is 0. The molecule has 0 fully saturated rings. The Hall–Kier alpha value is 0.120. The van der Waals surface area contributed by atoms with E-state index in [1.165, 1.54) is 38.5 Å². The summed E-state index contributed by atoms with van der Waals surface area (Å²) in [4.78, 5) is 0. The van der Waals surface area contributed by atoms with E-state index in [0.717, 1.165) is 0 Å². The van der Waals surface area contributed by atoms with Gasteiger partial charge in [-0.1, -0.05) is 0 Å². The topological polar surface area (TPSA) is 0 Å². The van der Waals surface area contributed by atoms with E-state index in [0.29, 0.717) is 5.92 Å². The SMILES string of the molecule is CCCC1=[C]([Zr]([C]2=C(CCC)C=CC2)([C]2=C(C)C(C)=C(C)C2C)[SiH](C)C)CC=C1.Cl.Cl. The summed E-state index contributed by atoms with van der Waals surface area (Å²) in [5.41, 5.74) is 8.44. The van der Waals surface area contributed by atoms with Gasteiger partial charge in [-0.25, -0.2) is 0 Å².